The van der Waals surface area contributed by atoms with Crippen molar-refractivity contribution in [2.24, 2.45) is 7.05 Å². The molecule has 0 aromatic carbocycles. The Balaban J connectivity index is 0. The summed E-state index contributed by atoms with van der Waals surface area (Å²) in [5.74, 6) is 0. The predicted octanol–water partition coefficient (Wildman–Crippen LogP) is 4.96. The number of hydrogen-bond acceptors (Lipinski definition) is 1. The van der Waals surface area contributed by atoms with E-state index in [4.69, 9.17) is 0 Å². The van der Waals surface area contributed by atoms with E-state index in [2.05, 4.69) is 29.7 Å². The second kappa shape index (κ2) is 11.2. The maximum Gasteiger partial charge on any atom is 0.0511 e. The van der Waals surface area contributed by atoms with E-state index in [9.17, 15) is 0 Å². The third-order valence-corrected chi connectivity index (χ3v) is 1.99. The number of fused-ring (bicyclic) bond motifs is 1. The molecule has 0 aliphatic rings. The first-order chi connectivity index (χ1) is 8.29. The van der Waals surface area contributed by atoms with Crippen LogP contribution in [0.1, 0.15) is 47.1 Å². The number of rotatable bonds is 0. The summed E-state index contributed by atoms with van der Waals surface area (Å²) in [6.07, 6.45) is 5.85. The first-order valence-electron chi connectivity index (χ1n) is 6.64. The molecule has 0 unspecified atom stereocenters. The lowest BCUT2D eigenvalue weighted by Gasteiger charge is -1.92. The van der Waals surface area contributed by atoms with Crippen molar-refractivity contribution in [1.82, 2.24) is 9.55 Å². The van der Waals surface area contributed by atoms with E-state index in [1.54, 1.807) is 0 Å². The summed E-state index contributed by atoms with van der Waals surface area (Å²) >= 11 is 0. The zero-order valence-electron chi connectivity index (χ0n) is 12.7. The Morgan fingerprint density at radius 2 is 1.53 bits per heavy atom. The Labute approximate surface area is 107 Å². The van der Waals surface area contributed by atoms with Crippen LogP contribution in [0.5, 0.6) is 0 Å². The van der Waals surface area contributed by atoms with Crippen molar-refractivity contribution in [3.05, 3.63) is 30.2 Å². The molecule has 2 aromatic heterocycles. The molecule has 0 amide bonds. The van der Waals surface area contributed by atoms with Crippen LogP contribution in [0.2, 0.25) is 0 Å². The minimum atomic E-state index is 1.25. The van der Waals surface area contributed by atoms with Gasteiger partial charge in [0.2, 0.25) is 0 Å². The second-order valence-electron chi connectivity index (χ2n) is 2.82. The molecule has 0 spiro atoms. The maximum atomic E-state index is 4.07. The van der Waals surface area contributed by atoms with Crippen LogP contribution < -0.4 is 0 Å². The van der Waals surface area contributed by atoms with Gasteiger partial charge in [-0.25, -0.2) is 0 Å². The molecular weight excluding hydrogens is 208 g/mol. The molecule has 2 rings (SSSR count). The molecule has 2 nitrogen and oxygen atoms in total. The van der Waals surface area contributed by atoms with Crippen LogP contribution in [0, 0.1) is 6.92 Å². The van der Waals surface area contributed by atoms with Gasteiger partial charge in [-0.15, -0.1) is 0 Å². The average Bonchev–Trinajstić information content (AvgIpc) is 2.73. The first kappa shape index (κ1) is 18.1. The summed E-state index contributed by atoms with van der Waals surface area (Å²) in [5, 5.41) is 1.25. The van der Waals surface area contributed by atoms with E-state index in [0.29, 0.717) is 0 Å². The van der Waals surface area contributed by atoms with Crippen LogP contribution >= 0.6 is 0 Å². The molecule has 0 bridgehead atoms. The van der Waals surface area contributed by atoms with E-state index in [1.165, 1.54) is 16.5 Å². The van der Waals surface area contributed by atoms with Crippen LogP contribution in [-0.4, -0.2) is 9.55 Å². The Kier molecular flexibility index (Phi) is 11.9. The van der Waals surface area contributed by atoms with Gasteiger partial charge < -0.3 is 4.57 Å². The number of nitrogens with zero attached hydrogens (tertiary/aromatic N) is 2. The number of aryl methyl sites for hydroxylation is 2. The summed E-state index contributed by atoms with van der Waals surface area (Å²) in [4.78, 5) is 4.07. The molecule has 0 aliphatic heterocycles. The van der Waals surface area contributed by atoms with E-state index in [-0.39, 0.29) is 0 Å². The van der Waals surface area contributed by atoms with Gasteiger partial charge >= 0.3 is 0 Å². The minimum Gasteiger partial charge on any atom is -0.350 e. The SMILES string of the molecule is CC.CC.CC.Cc1cn(C)c2ccncc12. The molecule has 98 valence electrons. The normalized spacial score (nSPS) is 8.00. The summed E-state index contributed by atoms with van der Waals surface area (Å²) in [6, 6.07) is 2.03. The molecule has 2 heteroatoms. The molecule has 2 aromatic rings. The van der Waals surface area contributed by atoms with Gasteiger partial charge in [-0.05, 0) is 18.6 Å². The smallest absolute Gasteiger partial charge is 0.0511 e. The Morgan fingerprint density at radius 1 is 1.00 bits per heavy atom. The van der Waals surface area contributed by atoms with Gasteiger partial charge in [-0.2, -0.15) is 0 Å². The van der Waals surface area contributed by atoms with Gasteiger partial charge in [0.1, 0.15) is 0 Å². The molecule has 0 radical (unpaired) electrons. The van der Waals surface area contributed by atoms with Crippen molar-refractivity contribution in [3.63, 3.8) is 0 Å². The van der Waals surface area contributed by atoms with Crippen LogP contribution in [0.4, 0.5) is 0 Å². The van der Waals surface area contributed by atoms with Crippen LogP contribution in [0.25, 0.3) is 10.9 Å². The Hall–Kier alpha value is -1.31. The Morgan fingerprint density at radius 3 is 2.00 bits per heavy atom. The molecule has 0 saturated carbocycles. The van der Waals surface area contributed by atoms with Crippen molar-refractivity contribution < 1.29 is 0 Å². The molecule has 0 N–H and O–H groups in total. The maximum absolute atomic E-state index is 4.07. The zero-order chi connectivity index (χ0) is 13.8. The van der Waals surface area contributed by atoms with Crippen LogP contribution in [0.15, 0.2) is 24.7 Å². The largest absolute Gasteiger partial charge is 0.350 e. The van der Waals surface area contributed by atoms with Crippen molar-refractivity contribution in [2.45, 2.75) is 48.5 Å². The monoisotopic (exact) mass is 236 g/mol. The molecular formula is C15H28N2. The van der Waals surface area contributed by atoms with Gasteiger partial charge in [0.25, 0.3) is 0 Å². The third-order valence-electron chi connectivity index (χ3n) is 1.99. The van der Waals surface area contributed by atoms with Crippen molar-refractivity contribution in [1.29, 1.82) is 0 Å². The summed E-state index contributed by atoms with van der Waals surface area (Å²) in [6.45, 7) is 14.1. The molecule has 0 aliphatic carbocycles. The van der Waals surface area contributed by atoms with E-state index in [1.807, 2.05) is 60.0 Å². The fourth-order valence-electron chi connectivity index (χ4n) is 1.43. The second-order valence-corrected chi connectivity index (χ2v) is 2.82. The number of aromatic nitrogens is 2. The quantitative estimate of drug-likeness (QED) is 0.632. The standard InChI is InChI=1S/C9H10N2.3C2H6/c1-7-6-11(2)9-3-4-10-5-8(7)9;3*1-2/h3-6H,1-2H3;3*1-2H3. The summed E-state index contributed by atoms with van der Waals surface area (Å²) < 4.78 is 2.12. The molecule has 0 fully saturated rings. The summed E-state index contributed by atoms with van der Waals surface area (Å²) in [5.41, 5.74) is 2.54. The van der Waals surface area contributed by atoms with Crippen molar-refractivity contribution >= 4 is 10.9 Å². The average molecular weight is 236 g/mol. The van der Waals surface area contributed by atoms with Gasteiger partial charge in [0.05, 0.1) is 5.52 Å². The number of hydrogen-bond donors (Lipinski definition) is 0. The highest BCUT2D eigenvalue weighted by molar-refractivity contribution is 5.82. The molecule has 2 heterocycles. The van der Waals surface area contributed by atoms with E-state index in [0.717, 1.165) is 0 Å². The first-order valence-corrected chi connectivity index (χ1v) is 6.64. The lowest BCUT2D eigenvalue weighted by atomic mass is 10.2. The lowest BCUT2D eigenvalue weighted by Crippen LogP contribution is -1.82. The number of pyridine rings is 1. The van der Waals surface area contributed by atoms with E-state index >= 15 is 0 Å². The molecule has 0 saturated heterocycles. The Bertz CT molecular complexity index is 353. The molecule has 17 heavy (non-hydrogen) atoms. The van der Waals surface area contributed by atoms with E-state index < -0.39 is 0 Å². The fraction of sp³-hybridized carbons (Fsp3) is 0.533. The van der Waals surface area contributed by atoms with Gasteiger partial charge in [0, 0.05) is 31.0 Å². The third kappa shape index (κ3) is 5.03. The van der Waals surface area contributed by atoms with Crippen molar-refractivity contribution in [2.75, 3.05) is 0 Å². The van der Waals surface area contributed by atoms with Gasteiger partial charge in [0.15, 0.2) is 0 Å². The van der Waals surface area contributed by atoms with Crippen LogP contribution in [0.3, 0.4) is 0 Å². The minimum absolute atomic E-state index is 1.25. The van der Waals surface area contributed by atoms with Crippen LogP contribution in [-0.2, 0) is 7.05 Å². The van der Waals surface area contributed by atoms with Gasteiger partial charge in [-0.1, -0.05) is 41.5 Å². The van der Waals surface area contributed by atoms with Crippen molar-refractivity contribution in [3.8, 4) is 0 Å². The molecule has 0 atom stereocenters. The van der Waals surface area contributed by atoms with Gasteiger partial charge in [-0.3, -0.25) is 4.98 Å². The highest BCUT2D eigenvalue weighted by atomic mass is 14.9. The summed E-state index contributed by atoms with van der Waals surface area (Å²) in [7, 11) is 2.05. The zero-order valence-corrected chi connectivity index (χ0v) is 12.7. The topological polar surface area (TPSA) is 17.8 Å². The predicted molar refractivity (Wildman–Crippen MR) is 79.5 cm³/mol. The highest BCUT2D eigenvalue weighted by Crippen LogP contribution is 2.17. The fourth-order valence-corrected chi connectivity index (χ4v) is 1.43. The lowest BCUT2D eigenvalue weighted by molar-refractivity contribution is 0.963. The highest BCUT2D eigenvalue weighted by Gasteiger charge is 1.99.